The molecule has 0 aliphatic carbocycles. The van der Waals surface area contributed by atoms with E-state index in [0.29, 0.717) is 17.3 Å². The van der Waals surface area contributed by atoms with E-state index in [2.05, 4.69) is 0 Å². The minimum atomic E-state index is -2.52. The zero-order valence-corrected chi connectivity index (χ0v) is 23.3. The van der Waals surface area contributed by atoms with Crippen LogP contribution < -0.4 is 30.1 Å². The highest BCUT2D eigenvalue weighted by molar-refractivity contribution is 7.95. The molecule has 0 saturated heterocycles. The molecular weight excluding hydrogens is 514 g/mol. The Balaban J connectivity index is 2.01. The first-order chi connectivity index (χ1) is 18.9. The molecule has 0 aromatic heterocycles. The van der Waals surface area contributed by atoms with Gasteiger partial charge in [0, 0.05) is 0 Å². The van der Waals surface area contributed by atoms with Crippen molar-refractivity contribution in [3.63, 3.8) is 0 Å². The van der Waals surface area contributed by atoms with E-state index in [9.17, 15) is 9.18 Å². The van der Waals surface area contributed by atoms with E-state index < -0.39 is 13.2 Å². The topological polar surface area (TPSA) is 54.0 Å². The molecule has 0 aliphatic rings. The number of hydrogen-bond donors (Lipinski definition) is 0. The maximum absolute atomic E-state index is 13.6. The largest absolute Gasteiger partial charge is 0.497 e. The number of hydrogen-bond acceptors (Lipinski definition) is 5. The molecule has 0 saturated carbocycles. The fraction of sp³-hybridized carbons (Fsp3) is 0.156. The summed E-state index contributed by atoms with van der Waals surface area (Å²) in [5, 5.41) is 3.15. The number of benzene rings is 4. The van der Waals surface area contributed by atoms with Crippen LogP contribution in [0, 0.1) is 5.82 Å². The van der Waals surface area contributed by atoms with E-state index in [1.54, 1.807) is 39.5 Å². The van der Waals surface area contributed by atoms with Crippen LogP contribution >= 0.6 is 7.26 Å². The highest BCUT2D eigenvalue weighted by atomic mass is 31.2. The third kappa shape index (κ3) is 6.13. The predicted octanol–water partition coefficient (Wildman–Crippen LogP) is 5.40. The maximum atomic E-state index is 13.6. The van der Waals surface area contributed by atoms with Crippen LogP contribution in [0.1, 0.15) is 5.56 Å². The van der Waals surface area contributed by atoms with E-state index in [-0.39, 0.29) is 5.82 Å². The molecule has 39 heavy (non-hydrogen) atoms. The van der Waals surface area contributed by atoms with Gasteiger partial charge in [0.1, 0.15) is 52.4 Å². The number of halogens is 1. The molecular formula is C32H31FO5P+. The number of rotatable bonds is 10. The van der Waals surface area contributed by atoms with Gasteiger partial charge in [-0.2, -0.15) is 0 Å². The van der Waals surface area contributed by atoms with E-state index in [4.69, 9.17) is 18.9 Å². The Hall–Kier alpha value is -4.15. The van der Waals surface area contributed by atoms with Crippen molar-refractivity contribution in [3.8, 4) is 17.2 Å². The molecule has 0 N–H and O–H groups in total. The van der Waals surface area contributed by atoms with E-state index >= 15 is 0 Å². The van der Waals surface area contributed by atoms with Gasteiger partial charge in [0.05, 0.1) is 34.0 Å². The lowest BCUT2D eigenvalue weighted by molar-refractivity contribution is -0.135. The Morgan fingerprint density at radius 2 is 1.03 bits per heavy atom. The van der Waals surface area contributed by atoms with Gasteiger partial charge in [0.2, 0.25) is 0 Å². The maximum Gasteiger partial charge on any atom is 0.337 e. The SMILES string of the molecule is COC(=O)/C(=C/c1ccc(F)cc1)C[P+](c1ccc(OC)cc1)(c1ccc(OC)cc1)c1ccc(OC)cc1. The van der Waals surface area contributed by atoms with E-state index in [0.717, 1.165) is 33.2 Å². The third-order valence-electron chi connectivity index (χ3n) is 6.61. The summed E-state index contributed by atoms with van der Waals surface area (Å²) in [4.78, 5) is 13.2. The second-order valence-corrected chi connectivity index (χ2v) is 12.3. The Morgan fingerprint density at radius 3 is 1.36 bits per heavy atom. The summed E-state index contributed by atoms with van der Waals surface area (Å²) in [6.07, 6.45) is 2.14. The van der Waals surface area contributed by atoms with Crippen molar-refractivity contribution in [2.24, 2.45) is 0 Å². The number of carbonyl (C=O) groups is 1. The van der Waals surface area contributed by atoms with Crippen LogP contribution in [0.15, 0.2) is 103 Å². The van der Waals surface area contributed by atoms with Gasteiger partial charge in [-0.25, -0.2) is 9.18 Å². The summed E-state index contributed by atoms with van der Waals surface area (Å²) < 4.78 is 35.2. The molecule has 200 valence electrons. The van der Waals surface area contributed by atoms with Crippen molar-refractivity contribution in [3.05, 3.63) is 114 Å². The zero-order valence-electron chi connectivity index (χ0n) is 22.4. The Bertz CT molecular complexity index is 1300. The van der Waals surface area contributed by atoms with Crippen LogP contribution in [0.3, 0.4) is 0 Å². The van der Waals surface area contributed by atoms with Crippen molar-refractivity contribution < 1.29 is 28.1 Å². The van der Waals surface area contributed by atoms with Crippen LogP contribution in [0.25, 0.3) is 6.08 Å². The number of methoxy groups -OCH3 is 4. The summed E-state index contributed by atoms with van der Waals surface area (Å²) in [5.41, 5.74) is 1.17. The molecule has 0 unspecified atom stereocenters. The van der Waals surface area contributed by atoms with Gasteiger partial charge in [-0.1, -0.05) is 12.1 Å². The molecule has 4 aromatic rings. The van der Waals surface area contributed by atoms with Crippen molar-refractivity contribution >= 4 is 35.2 Å². The smallest absolute Gasteiger partial charge is 0.337 e. The average Bonchev–Trinajstić information content (AvgIpc) is 3.00. The zero-order chi connectivity index (χ0) is 27.8. The van der Waals surface area contributed by atoms with Crippen molar-refractivity contribution in [2.75, 3.05) is 34.6 Å². The van der Waals surface area contributed by atoms with E-state index in [1.165, 1.54) is 19.2 Å². The summed E-state index contributed by atoms with van der Waals surface area (Å²) in [6, 6.07) is 29.9. The fourth-order valence-corrected chi connectivity index (χ4v) is 8.69. The lowest BCUT2D eigenvalue weighted by atomic mass is 10.1. The van der Waals surface area contributed by atoms with Gasteiger partial charge in [0.15, 0.2) is 0 Å². The van der Waals surface area contributed by atoms with Gasteiger partial charge >= 0.3 is 5.97 Å². The fourth-order valence-electron chi connectivity index (χ4n) is 4.55. The first-order valence-corrected chi connectivity index (χ1v) is 14.3. The van der Waals surface area contributed by atoms with Gasteiger partial charge in [-0.3, -0.25) is 0 Å². The molecule has 0 spiro atoms. The van der Waals surface area contributed by atoms with Crippen LogP contribution in [0.4, 0.5) is 4.39 Å². The molecule has 0 bridgehead atoms. The highest BCUT2D eigenvalue weighted by Gasteiger charge is 2.47. The first kappa shape index (κ1) is 27.9. The molecule has 0 atom stereocenters. The lowest BCUT2D eigenvalue weighted by Gasteiger charge is -2.28. The minimum absolute atomic E-state index is 0.344. The van der Waals surface area contributed by atoms with Crippen molar-refractivity contribution in [2.45, 2.75) is 0 Å². The average molecular weight is 546 g/mol. The normalized spacial score (nSPS) is 11.6. The second-order valence-electron chi connectivity index (χ2n) is 8.77. The Kier molecular flexibility index (Phi) is 9.00. The Labute approximate surface area is 229 Å². The van der Waals surface area contributed by atoms with Crippen molar-refractivity contribution in [1.82, 2.24) is 0 Å². The van der Waals surface area contributed by atoms with Crippen molar-refractivity contribution in [1.29, 1.82) is 0 Å². The molecule has 0 amide bonds. The van der Waals surface area contributed by atoms with Crippen LogP contribution in [0.2, 0.25) is 0 Å². The Morgan fingerprint density at radius 1 is 0.641 bits per heavy atom. The molecule has 4 aromatic carbocycles. The number of carbonyl (C=O) groups excluding carboxylic acids is 1. The second kappa shape index (κ2) is 12.6. The monoisotopic (exact) mass is 545 g/mol. The van der Waals surface area contributed by atoms with Gasteiger partial charge < -0.3 is 18.9 Å². The number of ether oxygens (including phenoxy) is 4. The van der Waals surface area contributed by atoms with Gasteiger partial charge in [-0.15, -0.1) is 0 Å². The molecule has 0 heterocycles. The molecule has 0 radical (unpaired) electrons. The van der Waals surface area contributed by atoms with Gasteiger partial charge in [-0.05, 0) is 96.6 Å². The lowest BCUT2D eigenvalue weighted by Crippen LogP contribution is -2.35. The summed E-state index contributed by atoms with van der Waals surface area (Å²) in [6.45, 7) is 0. The van der Waals surface area contributed by atoms with E-state index in [1.807, 2.05) is 72.8 Å². The predicted molar refractivity (Wildman–Crippen MR) is 156 cm³/mol. The highest BCUT2D eigenvalue weighted by Crippen LogP contribution is 2.57. The van der Waals surface area contributed by atoms with Gasteiger partial charge in [0.25, 0.3) is 0 Å². The summed E-state index contributed by atoms with van der Waals surface area (Å²) in [7, 11) is 3.74. The minimum Gasteiger partial charge on any atom is -0.497 e. The standard InChI is InChI=1S/C32H31FO5P/c1-35-26-9-15-29(16-10-26)39(30-17-11-27(36-2)12-18-30,31-19-13-28(37-3)14-20-31)22-24(32(34)38-4)21-23-5-7-25(33)8-6-23/h5-21H,22H2,1-4H3/q+1/b24-21+. The van der Waals surface area contributed by atoms with Crippen LogP contribution in [0.5, 0.6) is 17.2 Å². The molecule has 5 nitrogen and oxygen atoms in total. The first-order valence-electron chi connectivity index (χ1n) is 12.3. The molecule has 4 rings (SSSR count). The molecule has 0 aliphatic heterocycles. The van der Waals surface area contributed by atoms with Crippen LogP contribution in [-0.4, -0.2) is 40.6 Å². The molecule has 0 fully saturated rings. The summed E-state index contributed by atoms with van der Waals surface area (Å²) in [5.74, 6) is 1.41. The molecule has 7 heteroatoms. The number of esters is 1. The summed E-state index contributed by atoms with van der Waals surface area (Å²) >= 11 is 0. The van der Waals surface area contributed by atoms with Crippen LogP contribution in [-0.2, 0) is 9.53 Å². The quantitative estimate of drug-likeness (QED) is 0.152. The third-order valence-corrected chi connectivity index (χ3v) is 11.0.